The zero-order chi connectivity index (χ0) is 11.0. The SMILES string of the molecule is Ic1ccc2nc(Nc3ccn[nH]3)sc2c1. The number of anilines is 2. The fourth-order valence-electron chi connectivity index (χ4n) is 1.39. The van der Waals surface area contributed by atoms with E-state index in [0.717, 1.165) is 16.5 Å². The molecule has 2 aromatic heterocycles. The maximum Gasteiger partial charge on any atom is 0.189 e. The second-order valence-corrected chi connectivity index (χ2v) is 5.50. The number of thiazole rings is 1. The highest BCUT2D eigenvalue weighted by molar-refractivity contribution is 14.1. The summed E-state index contributed by atoms with van der Waals surface area (Å²) in [4.78, 5) is 4.48. The van der Waals surface area contributed by atoms with Gasteiger partial charge in [0.1, 0.15) is 5.82 Å². The van der Waals surface area contributed by atoms with Gasteiger partial charge in [0.2, 0.25) is 0 Å². The maximum absolute atomic E-state index is 4.48. The fraction of sp³-hybridized carbons (Fsp3) is 0. The molecule has 0 atom stereocenters. The summed E-state index contributed by atoms with van der Waals surface area (Å²) in [6.45, 7) is 0. The monoisotopic (exact) mass is 342 g/mol. The molecule has 0 unspecified atom stereocenters. The number of hydrogen-bond donors (Lipinski definition) is 2. The summed E-state index contributed by atoms with van der Waals surface area (Å²) in [6.07, 6.45) is 1.71. The lowest BCUT2D eigenvalue weighted by Crippen LogP contribution is -1.88. The number of rotatable bonds is 2. The Morgan fingerprint density at radius 1 is 1.31 bits per heavy atom. The van der Waals surface area contributed by atoms with Gasteiger partial charge in [0, 0.05) is 9.64 Å². The summed E-state index contributed by atoms with van der Waals surface area (Å²) in [6, 6.07) is 8.09. The van der Waals surface area contributed by atoms with Gasteiger partial charge in [0.05, 0.1) is 16.4 Å². The zero-order valence-electron chi connectivity index (χ0n) is 8.07. The summed E-state index contributed by atoms with van der Waals surface area (Å²) < 4.78 is 2.41. The first-order chi connectivity index (χ1) is 7.81. The molecule has 6 heteroatoms. The highest BCUT2D eigenvalue weighted by Gasteiger charge is 2.04. The van der Waals surface area contributed by atoms with Crippen LogP contribution in [-0.2, 0) is 0 Å². The van der Waals surface area contributed by atoms with Crippen molar-refractivity contribution in [1.82, 2.24) is 15.2 Å². The molecule has 80 valence electrons. The molecule has 0 aliphatic heterocycles. The summed E-state index contributed by atoms with van der Waals surface area (Å²) in [7, 11) is 0. The predicted molar refractivity (Wildman–Crippen MR) is 74.2 cm³/mol. The van der Waals surface area contributed by atoms with Crippen LogP contribution in [0.3, 0.4) is 0 Å². The lowest BCUT2D eigenvalue weighted by molar-refractivity contribution is 1.09. The first kappa shape index (κ1) is 10.0. The number of aromatic amines is 1. The third-order valence-corrected chi connectivity index (χ3v) is 3.70. The van der Waals surface area contributed by atoms with Crippen molar-refractivity contribution >= 4 is 55.1 Å². The van der Waals surface area contributed by atoms with E-state index in [-0.39, 0.29) is 0 Å². The molecule has 3 aromatic rings. The van der Waals surface area contributed by atoms with Crippen LogP contribution >= 0.6 is 33.9 Å². The Bertz CT molecular complexity index is 617. The van der Waals surface area contributed by atoms with Crippen LogP contribution in [0.15, 0.2) is 30.5 Å². The van der Waals surface area contributed by atoms with Crippen molar-refractivity contribution in [2.45, 2.75) is 0 Å². The summed E-state index contributed by atoms with van der Waals surface area (Å²) in [5.74, 6) is 0.855. The Hall–Kier alpha value is -1.15. The molecule has 0 bridgehead atoms. The van der Waals surface area contributed by atoms with Crippen molar-refractivity contribution in [1.29, 1.82) is 0 Å². The average Bonchev–Trinajstić information content (AvgIpc) is 2.86. The van der Waals surface area contributed by atoms with E-state index in [9.17, 15) is 0 Å². The van der Waals surface area contributed by atoms with Gasteiger partial charge in [-0.1, -0.05) is 11.3 Å². The topological polar surface area (TPSA) is 53.6 Å². The first-order valence-corrected chi connectivity index (χ1v) is 6.53. The Morgan fingerprint density at radius 2 is 2.25 bits per heavy atom. The van der Waals surface area contributed by atoms with Crippen LogP contribution < -0.4 is 5.32 Å². The molecule has 0 radical (unpaired) electrons. The number of aromatic nitrogens is 3. The zero-order valence-corrected chi connectivity index (χ0v) is 11.0. The largest absolute Gasteiger partial charge is 0.317 e. The van der Waals surface area contributed by atoms with E-state index in [2.05, 4.69) is 55.2 Å². The minimum absolute atomic E-state index is 0.855. The number of nitrogens with one attached hydrogen (secondary N) is 2. The van der Waals surface area contributed by atoms with Crippen molar-refractivity contribution in [3.05, 3.63) is 34.0 Å². The number of hydrogen-bond acceptors (Lipinski definition) is 4. The van der Waals surface area contributed by atoms with Crippen LogP contribution in [0.5, 0.6) is 0 Å². The molecule has 0 aliphatic rings. The van der Waals surface area contributed by atoms with Crippen molar-refractivity contribution in [2.75, 3.05) is 5.32 Å². The van der Waals surface area contributed by atoms with Crippen molar-refractivity contribution < 1.29 is 0 Å². The molecule has 0 fully saturated rings. The van der Waals surface area contributed by atoms with Gasteiger partial charge in [-0.15, -0.1) is 0 Å². The van der Waals surface area contributed by atoms with Gasteiger partial charge in [-0.3, -0.25) is 5.10 Å². The number of halogens is 1. The van der Waals surface area contributed by atoms with Crippen LogP contribution in [0.1, 0.15) is 0 Å². The molecule has 2 heterocycles. The van der Waals surface area contributed by atoms with Crippen molar-refractivity contribution in [3.8, 4) is 0 Å². The Labute approximate surface area is 109 Å². The smallest absolute Gasteiger partial charge is 0.189 e. The maximum atomic E-state index is 4.48. The van der Waals surface area contributed by atoms with E-state index < -0.39 is 0 Å². The van der Waals surface area contributed by atoms with Crippen molar-refractivity contribution in [2.24, 2.45) is 0 Å². The van der Waals surface area contributed by atoms with Gasteiger partial charge in [0.25, 0.3) is 0 Å². The van der Waals surface area contributed by atoms with Gasteiger partial charge < -0.3 is 5.32 Å². The first-order valence-electron chi connectivity index (χ1n) is 4.64. The molecule has 0 spiro atoms. The third-order valence-electron chi connectivity index (χ3n) is 2.09. The Balaban J connectivity index is 1.99. The van der Waals surface area contributed by atoms with Crippen LogP contribution in [0.25, 0.3) is 10.2 Å². The van der Waals surface area contributed by atoms with E-state index in [4.69, 9.17) is 0 Å². The number of H-pyrrole nitrogens is 1. The standard InChI is InChI=1S/C10H7IN4S/c11-6-1-2-7-8(5-6)16-10(13-7)14-9-3-4-12-15-9/h1-5H,(H2,12,13,14,15). The van der Waals surface area contributed by atoms with E-state index >= 15 is 0 Å². The van der Waals surface area contributed by atoms with E-state index in [1.165, 1.54) is 8.27 Å². The van der Waals surface area contributed by atoms with Crippen LogP contribution in [0.4, 0.5) is 10.9 Å². The molecular weight excluding hydrogens is 335 g/mol. The second-order valence-electron chi connectivity index (χ2n) is 3.23. The van der Waals surface area contributed by atoms with E-state index in [0.29, 0.717) is 0 Å². The molecule has 0 amide bonds. The molecule has 3 rings (SSSR count). The molecule has 0 saturated heterocycles. The van der Waals surface area contributed by atoms with Crippen LogP contribution in [-0.4, -0.2) is 15.2 Å². The molecular formula is C10H7IN4S. The Kier molecular flexibility index (Phi) is 2.52. The van der Waals surface area contributed by atoms with Gasteiger partial charge in [-0.05, 0) is 40.8 Å². The number of nitrogens with zero attached hydrogens (tertiary/aromatic N) is 2. The lowest BCUT2D eigenvalue weighted by Gasteiger charge is -1.94. The van der Waals surface area contributed by atoms with Crippen LogP contribution in [0, 0.1) is 3.57 Å². The molecule has 1 aromatic carbocycles. The molecule has 0 saturated carbocycles. The van der Waals surface area contributed by atoms with Gasteiger partial charge in [-0.25, -0.2) is 4.98 Å². The molecule has 0 aliphatic carbocycles. The third kappa shape index (κ3) is 1.90. The average molecular weight is 342 g/mol. The highest BCUT2D eigenvalue weighted by Crippen LogP contribution is 2.28. The van der Waals surface area contributed by atoms with Gasteiger partial charge in [-0.2, -0.15) is 5.10 Å². The minimum atomic E-state index is 0.855. The lowest BCUT2D eigenvalue weighted by atomic mass is 10.3. The van der Waals surface area contributed by atoms with Gasteiger partial charge in [0.15, 0.2) is 5.13 Å². The quantitative estimate of drug-likeness (QED) is 0.702. The number of fused-ring (bicyclic) bond motifs is 1. The fourth-order valence-corrected chi connectivity index (χ4v) is 3.01. The summed E-state index contributed by atoms with van der Waals surface area (Å²) in [5.41, 5.74) is 1.02. The second kappa shape index (κ2) is 4.02. The van der Waals surface area contributed by atoms with Crippen molar-refractivity contribution in [3.63, 3.8) is 0 Å². The minimum Gasteiger partial charge on any atom is -0.317 e. The Morgan fingerprint density at radius 3 is 3.06 bits per heavy atom. The molecule has 16 heavy (non-hydrogen) atoms. The summed E-state index contributed by atoms with van der Waals surface area (Å²) in [5, 5.41) is 10.8. The molecule has 2 N–H and O–H groups in total. The van der Waals surface area contributed by atoms with E-state index in [1.807, 2.05) is 12.1 Å². The van der Waals surface area contributed by atoms with Crippen LogP contribution in [0.2, 0.25) is 0 Å². The molecule has 4 nitrogen and oxygen atoms in total. The van der Waals surface area contributed by atoms with Gasteiger partial charge >= 0.3 is 0 Å². The van der Waals surface area contributed by atoms with E-state index in [1.54, 1.807) is 17.5 Å². The number of benzene rings is 1. The summed E-state index contributed by atoms with van der Waals surface area (Å²) >= 11 is 3.94. The normalized spacial score (nSPS) is 10.8. The highest BCUT2D eigenvalue weighted by atomic mass is 127. The predicted octanol–water partition coefficient (Wildman–Crippen LogP) is 3.37.